The van der Waals surface area contributed by atoms with E-state index in [-0.39, 0.29) is 22.7 Å². The number of hydrogen-bond acceptors (Lipinski definition) is 5. The molecular formula is C31H34N4O4. The van der Waals surface area contributed by atoms with Crippen LogP contribution in [-0.2, 0) is 6.42 Å². The number of carbonyl (C=O) groups is 1. The fourth-order valence-electron chi connectivity index (χ4n) is 4.67. The number of hydrogen-bond donors (Lipinski definition) is 0. The van der Waals surface area contributed by atoms with Crippen molar-refractivity contribution >= 4 is 22.5 Å². The number of amides is 1. The van der Waals surface area contributed by atoms with E-state index in [2.05, 4.69) is 20.8 Å². The lowest BCUT2D eigenvalue weighted by molar-refractivity contribution is -0.385. The molecule has 0 aliphatic carbocycles. The Hall–Kier alpha value is -4.33. The van der Waals surface area contributed by atoms with Gasteiger partial charge >= 0.3 is 0 Å². The molecule has 1 aromatic heterocycles. The Kier molecular flexibility index (Phi) is 8.24. The monoisotopic (exact) mass is 526 g/mol. The van der Waals surface area contributed by atoms with Gasteiger partial charge in [0.1, 0.15) is 5.82 Å². The summed E-state index contributed by atoms with van der Waals surface area (Å²) in [6.45, 7) is 10.1. The predicted molar refractivity (Wildman–Crippen MR) is 153 cm³/mol. The molecule has 0 N–H and O–H groups in total. The molecular weight excluding hydrogens is 492 g/mol. The fraction of sp³-hybridized carbons (Fsp3) is 0.323. The predicted octanol–water partition coefficient (Wildman–Crippen LogP) is 6.41. The van der Waals surface area contributed by atoms with Crippen molar-refractivity contribution in [1.82, 2.24) is 14.5 Å². The Bertz CT molecular complexity index is 1570. The average Bonchev–Trinajstić information content (AvgIpc) is 2.93. The molecule has 202 valence electrons. The van der Waals surface area contributed by atoms with Gasteiger partial charge in [0.2, 0.25) is 0 Å². The lowest BCUT2D eigenvalue weighted by atomic mass is 10.1. The normalized spacial score (nSPS) is 12.1. The van der Waals surface area contributed by atoms with Crippen LogP contribution in [0.1, 0.15) is 67.5 Å². The summed E-state index contributed by atoms with van der Waals surface area (Å²) in [5.41, 5.74) is 2.75. The molecule has 0 aliphatic rings. The van der Waals surface area contributed by atoms with Crippen molar-refractivity contribution < 1.29 is 9.72 Å². The maximum atomic E-state index is 13.9. The third-order valence-corrected chi connectivity index (χ3v) is 7.11. The van der Waals surface area contributed by atoms with Gasteiger partial charge in [0.25, 0.3) is 17.2 Å². The molecule has 1 heterocycles. The molecule has 8 nitrogen and oxygen atoms in total. The van der Waals surface area contributed by atoms with Gasteiger partial charge in [-0.2, -0.15) is 0 Å². The second kappa shape index (κ2) is 11.6. The second-order valence-electron chi connectivity index (χ2n) is 10.3. The van der Waals surface area contributed by atoms with E-state index in [0.29, 0.717) is 46.9 Å². The summed E-state index contributed by atoms with van der Waals surface area (Å²) in [5, 5.41) is 12.1. The minimum Gasteiger partial charge on any atom is -0.329 e. The maximum absolute atomic E-state index is 13.9. The Labute approximate surface area is 228 Å². The van der Waals surface area contributed by atoms with E-state index in [1.807, 2.05) is 43.3 Å². The van der Waals surface area contributed by atoms with Gasteiger partial charge in [-0.3, -0.25) is 24.3 Å². The molecule has 1 atom stereocenters. The molecule has 8 heteroatoms. The number of aryl methyl sites for hydroxylation is 2. The van der Waals surface area contributed by atoms with E-state index in [4.69, 9.17) is 4.98 Å². The first-order valence-electron chi connectivity index (χ1n) is 13.3. The molecule has 0 spiro atoms. The molecule has 0 bridgehead atoms. The van der Waals surface area contributed by atoms with Crippen molar-refractivity contribution in [2.45, 2.75) is 53.5 Å². The van der Waals surface area contributed by atoms with Crippen molar-refractivity contribution in [2.24, 2.45) is 5.92 Å². The van der Waals surface area contributed by atoms with Crippen LogP contribution >= 0.6 is 0 Å². The van der Waals surface area contributed by atoms with E-state index >= 15 is 0 Å². The number of nitrogens with zero attached hydrogens (tertiary/aromatic N) is 4. The van der Waals surface area contributed by atoms with Crippen LogP contribution in [0, 0.1) is 23.0 Å². The molecule has 1 unspecified atom stereocenters. The highest BCUT2D eigenvalue weighted by molar-refractivity contribution is 5.95. The Morgan fingerprint density at radius 1 is 1.05 bits per heavy atom. The van der Waals surface area contributed by atoms with Gasteiger partial charge in [0, 0.05) is 23.7 Å². The Morgan fingerprint density at radius 2 is 1.74 bits per heavy atom. The van der Waals surface area contributed by atoms with Crippen LogP contribution in [0.5, 0.6) is 0 Å². The molecule has 0 fully saturated rings. The van der Waals surface area contributed by atoms with Gasteiger partial charge in [-0.15, -0.1) is 0 Å². The number of para-hydroxylation sites is 1. The van der Waals surface area contributed by atoms with Crippen molar-refractivity contribution in [2.75, 3.05) is 6.54 Å². The van der Waals surface area contributed by atoms with Crippen molar-refractivity contribution in [3.05, 3.63) is 110 Å². The Morgan fingerprint density at radius 3 is 2.38 bits per heavy atom. The van der Waals surface area contributed by atoms with E-state index in [9.17, 15) is 19.7 Å². The van der Waals surface area contributed by atoms with Crippen LogP contribution in [0.15, 0.2) is 71.5 Å². The molecule has 0 aliphatic heterocycles. The number of benzene rings is 3. The van der Waals surface area contributed by atoms with E-state index in [1.165, 1.54) is 6.07 Å². The molecule has 3 aromatic carbocycles. The maximum Gasteiger partial charge on any atom is 0.273 e. The highest BCUT2D eigenvalue weighted by Gasteiger charge is 2.29. The highest BCUT2D eigenvalue weighted by atomic mass is 16.6. The zero-order valence-electron chi connectivity index (χ0n) is 23.0. The molecule has 4 rings (SSSR count). The van der Waals surface area contributed by atoms with Gasteiger partial charge < -0.3 is 4.90 Å². The van der Waals surface area contributed by atoms with Crippen LogP contribution in [-0.4, -0.2) is 31.8 Å². The first-order chi connectivity index (χ1) is 18.6. The second-order valence-corrected chi connectivity index (χ2v) is 10.3. The number of carbonyl (C=O) groups excluding carboxylic acids is 1. The quantitative estimate of drug-likeness (QED) is 0.185. The van der Waals surface area contributed by atoms with Gasteiger partial charge in [0.15, 0.2) is 0 Å². The van der Waals surface area contributed by atoms with Crippen LogP contribution < -0.4 is 5.56 Å². The summed E-state index contributed by atoms with van der Waals surface area (Å²) in [6.07, 6.45) is 1.58. The Balaban J connectivity index is 1.89. The smallest absolute Gasteiger partial charge is 0.273 e. The first kappa shape index (κ1) is 27.7. The van der Waals surface area contributed by atoms with Gasteiger partial charge in [0.05, 0.1) is 27.6 Å². The van der Waals surface area contributed by atoms with Gasteiger partial charge in [-0.05, 0) is 68.5 Å². The van der Waals surface area contributed by atoms with E-state index < -0.39 is 11.0 Å². The van der Waals surface area contributed by atoms with Crippen LogP contribution in [0.2, 0.25) is 0 Å². The average molecular weight is 527 g/mol. The lowest BCUT2D eigenvalue weighted by Gasteiger charge is -2.31. The molecule has 39 heavy (non-hydrogen) atoms. The third kappa shape index (κ3) is 5.74. The standard InChI is InChI=1S/C31H34N4O4/c1-6-23-12-15-25(16-13-23)34-29(32-27-10-8-7-9-26(27)31(34)37)22(5)33(18-17-20(2)3)30(36)24-14-11-21(4)28(19-24)35(38)39/h7-16,19-20,22H,6,17-18H2,1-5H3. The summed E-state index contributed by atoms with van der Waals surface area (Å²) in [7, 11) is 0. The summed E-state index contributed by atoms with van der Waals surface area (Å²) >= 11 is 0. The number of aromatic nitrogens is 2. The summed E-state index contributed by atoms with van der Waals surface area (Å²) in [4.78, 5) is 45.4. The summed E-state index contributed by atoms with van der Waals surface area (Å²) in [5.74, 6) is 0.399. The minimum atomic E-state index is -0.597. The zero-order valence-corrected chi connectivity index (χ0v) is 23.0. The fourth-order valence-corrected chi connectivity index (χ4v) is 4.67. The summed E-state index contributed by atoms with van der Waals surface area (Å²) < 4.78 is 1.58. The van der Waals surface area contributed by atoms with Gasteiger partial charge in [-0.25, -0.2) is 4.98 Å². The first-order valence-corrected chi connectivity index (χ1v) is 13.3. The summed E-state index contributed by atoms with van der Waals surface area (Å²) in [6, 6.07) is 18.9. The van der Waals surface area contributed by atoms with Gasteiger partial charge in [-0.1, -0.05) is 51.1 Å². The van der Waals surface area contributed by atoms with Crippen molar-refractivity contribution in [1.29, 1.82) is 0 Å². The highest BCUT2D eigenvalue weighted by Crippen LogP contribution is 2.27. The number of nitro benzene ring substituents is 1. The number of rotatable bonds is 9. The van der Waals surface area contributed by atoms with Crippen LogP contribution in [0.25, 0.3) is 16.6 Å². The van der Waals surface area contributed by atoms with E-state index in [1.54, 1.807) is 40.7 Å². The lowest BCUT2D eigenvalue weighted by Crippen LogP contribution is -2.38. The third-order valence-electron chi connectivity index (χ3n) is 7.11. The van der Waals surface area contributed by atoms with Crippen molar-refractivity contribution in [3.63, 3.8) is 0 Å². The van der Waals surface area contributed by atoms with Crippen molar-refractivity contribution in [3.8, 4) is 5.69 Å². The number of nitro groups is 1. The molecule has 1 amide bonds. The molecule has 0 saturated heterocycles. The molecule has 0 radical (unpaired) electrons. The van der Waals surface area contributed by atoms with Crippen LogP contribution in [0.4, 0.5) is 5.69 Å². The van der Waals surface area contributed by atoms with E-state index in [0.717, 1.165) is 12.0 Å². The topological polar surface area (TPSA) is 98.3 Å². The minimum absolute atomic E-state index is 0.103. The molecule has 0 saturated carbocycles. The van der Waals surface area contributed by atoms with Crippen LogP contribution in [0.3, 0.4) is 0 Å². The largest absolute Gasteiger partial charge is 0.329 e. The number of fused-ring (bicyclic) bond motifs is 1. The molecule has 4 aromatic rings. The zero-order chi connectivity index (χ0) is 28.3. The SMILES string of the molecule is CCc1ccc(-n2c(C(C)N(CCC(C)C)C(=O)c3ccc(C)c([N+](=O)[O-])c3)nc3ccccc3c2=O)cc1.